The third kappa shape index (κ3) is 3.42. The standard InChI is InChI=1S/C13H24N2O2/c1-14-7-8-15(10-11(9-14)13(16)17)12-5-3-2-4-6-12/h11-12H,2-10H2,1H3,(H,16,17). The fraction of sp³-hybridized carbons (Fsp3) is 0.923. The lowest BCUT2D eigenvalue weighted by Crippen LogP contribution is -2.41. The minimum absolute atomic E-state index is 0.218. The van der Waals surface area contributed by atoms with E-state index < -0.39 is 5.97 Å². The zero-order valence-electron chi connectivity index (χ0n) is 10.8. The highest BCUT2D eigenvalue weighted by Crippen LogP contribution is 2.24. The summed E-state index contributed by atoms with van der Waals surface area (Å²) >= 11 is 0. The Bertz CT molecular complexity index is 264. The van der Waals surface area contributed by atoms with Crippen molar-refractivity contribution in [2.45, 2.75) is 38.1 Å². The number of carboxylic acid groups (broad SMARTS) is 1. The Balaban J connectivity index is 1.98. The number of likely N-dealkylation sites (N-methyl/N-ethyl adjacent to an activating group) is 1. The second-order valence-electron chi connectivity index (χ2n) is 5.58. The molecule has 0 aromatic carbocycles. The zero-order valence-corrected chi connectivity index (χ0v) is 10.8. The van der Waals surface area contributed by atoms with Crippen molar-refractivity contribution in [1.82, 2.24) is 9.80 Å². The molecule has 4 nitrogen and oxygen atoms in total. The van der Waals surface area contributed by atoms with Crippen molar-refractivity contribution in [2.24, 2.45) is 5.92 Å². The van der Waals surface area contributed by atoms with E-state index in [1.807, 2.05) is 7.05 Å². The Kier molecular flexibility index (Phi) is 4.40. The van der Waals surface area contributed by atoms with E-state index in [4.69, 9.17) is 0 Å². The third-order valence-corrected chi connectivity index (χ3v) is 4.20. The highest BCUT2D eigenvalue weighted by Gasteiger charge is 2.30. The quantitative estimate of drug-likeness (QED) is 0.789. The van der Waals surface area contributed by atoms with Crippen LogP contribution in [0.1, 0.15) is 32.1 Å². The van der Waals surface area contributed by atoms with E-state index in [0.29, 0.717) is 12.6 Å². The number of hydrogen-bond donors (Lipinski definition) is 1. The van der Waals surface area contributed by atoms with E-state index in [9.17, 15) is 9.90 Å². The fourth-order valence-electron chi connectivity index (χ4n) is 3.13. The monoisotopic (exact) mass is 240 g/mol. The van der Waals surface area contributed by atoms with Gasteiger partial charge in [-0.2, -0.15) is 0 Å². The van der Waals surface area contributed by atoms with Gasteiger partial charge in [-0.3, -0.25) is 9.69 Å². The van der Waals surface area contributed by atoms with Crippen LogP contribution in [0.5, 0.6) is 0 Å². The van der Waals surface area contributed by atoms with Crippen LogP contribution in [0.15, 0.2) is 0 Å². The summed E-state index contributed by atoms with van der Waals surface area (Å²) in [6, 6.07) is 0.636. The Labute approximate surface area is 104 Å². The van der Waals surface area contributed by atoms with Gasteiger partial charge in [0.1, 0.15) is 0 Å². The van der Waals surface area contributed by atoms with Crippen LogP contribution in [0.4, 0.5) is 0 Å². The average molecular weight is 240 g/mol. The first kappa shape index (κ1) is 12.8. The molecule has 1 saturated heterocycles. The summed E-state index contributed by atoms with van der Waals surface area (Å²) < 4.78 is 0. The molecule has 0 spiro atoms. The van der Waals surface area contributed by atoms with Crippen LogP contribution >= 0.6 is 0 Å². The van der Waals surface area contributed by atoms with E-state index in [1.165, 1.54) is 32.1 Å². The molecule has 4 heteroatoms. The molecule has 1 aliphatic carbocycles. The second-order valence-corrected chi connectivity index (χ2v) is 5.58. The van der Waals surface area contributed by atoms with Crippen LogP contribution in [0.3, 0.4) is 0 Å². The molecule has 1 aliphatic heterocycles. The molecule has 0 bridgehead atoms. The van der Waals surface area contributed by atoms with Crippen molar-refractivity contribution >= 4 is 5.97 Å². The van der Waals surface area contributed by atoms with Gasteiger partial charge in [0.15, 0.2) is 0 Å². The van der Waals surface area contributed by atoms with Gasteiger partial charge in [0.25, 0.3) is 0 Å². The highest BCUT2D eigenvalue weighted by atomic mass is 16.4. The van der Waals surface area contributed by atoms with Crippen LogP contribution in [-0.4, -0.2) is 60.1 Å². The molecular weight excluding hydrogens is 216 g/mol. The van der Waals surface area contributed by atoms with Crippen LogP contribution in [-0.2, 0) is 4.79 Å². The van der Waals surface area contributed by atoms with Gasteiger partial charge < -0.3 is 10.0 Å². The second kappa shape index (κ2) is 5.83. The van der Waals surface area contributed by atoms with E-state index in [2.05, 4.69) is 9.80 Å². The number of nitrogens with zero attached hydrogens (tertiary/aromatic N) is 2. The Morgan fingerprint density at radius 2 is 1.82 bits per heavy atom. The molecule has 0 amide bonds. The van der Waals surface area contributed by atoms with Gasteiger partial charge in [-0.25, -0.2) is 0 Å². The molecule has 1 unspecified atom stereocenters. The van der Waals surface area contributed by atoms with Crippen molar-refractivity contribution in [3.05, 3.63) is 0 Å². The number of hydrogen-bond acceptors (Lipinski definition) is 3. The van der Waals surface area contributed by atoms with Crippen LogP contribution in [0.2, 0.25) is 0 Å². The molecule has 98 valence electrons. The summed E-state index contributed by atoms with van der Waals surface area (Å²) in [5.74, 6) is -0.857. The van der Waals surface area contributed by atoms with Crippen LogP contribution in [0, 0.1) is 5.92 Å². The average Bonchev–Trinajstić information content (AvgIpc) is 2.52. The van der Waals surface area contributed by atoms with Gasteiger partial charge in [0.05, 0.1) is 5.92 Å². The van der Waals surface area contributed by atoms with Gasteiger partial charge >= 0.3 is 5.97 Å². The number of carbonyl (C=O) groups is 1. The number of aliphatic carboxylic acids is 1. The minimum Gasteiger partial charge on any atom is -0.481 e. The van der Waals surface area contributed by atoms with Gasteiger partial charge in [-0.1, -0.05) is 19.3 Å². The molecule has 1 N–H and O–H groups in total. The van der Waals surface area contributed by atoms with Gasteiger partial charge in [-0.15, -0.1) is 0 Å². The highest BCUT2D eigenvalue weighted by molar-refractivity contribution is 5.70. The summed E-state index contributed by atoms with van der Waals surface area (Å²) in [6.45, 7) is 3.47. The Hall–Kier alpha value is -0.610. The maximum absolute atomic E-state index is 11.2. The van der Waals surface area contributed by atoms with Crippen molar-refractivity contribution in [3.63, 3.8) is 0 Å². The molecule has 0 radical (unpaired) electrons. The predicted molar refractivity (Wildman–Crippen MR) is 67.1 cm³/mol. The summed E-state index contributed by atoms with van der Waals surface area (Å²) in [5, 5.41) is 9.24. The Morgan fingerprint density at radius 1 is 1.12 bits per heavy atom. The first-order chi connectivity index (χ1) is 8.16. The summed E-state index contributed by atoms with van der Waals surface area (Å²) in [6.07, 6.45) is 6.50. The Morgan fingerprint density at radius 3 is 2.47 bits per heavy atom. The fourth-order valence-corrected chi connectivity index (χ4v) is 3.13. The maximum atomic E-state index is 11.2. The molecule has 1 saturated carbocycles. The summed E-state index contributed by atoms with van der Waals surface area (Å²) in [7, 11) is 2.03. The maximum Gasteiger partial charge on any atom is 0.309 e. The lowest BCUT2D eigenvalue weighted by atomic mass is 9.93. The van der Waals surface area contributed by atoms with Gasteiger partial charge in [-0.05, 0) is 19.9 Å². The molecule has 2 aliphatic rings. The largest absolute Gasteiger partial charge is 0.481 e. The van der Waals surface area contributed by atoms with Crippen molar-refractivity contribution in [1.29, 1.82) is 0 Å². The topological polar surface area (TPSA) is 43.8 Å². The van der Waals surface area contributed by atoms with Crippen molar-refractivity contribution in [2.75, 3.05) is 33.2 Å². The molecule has 0 aromatic rings. The first-order valence-corrected chi connectivity index (χ1v) is 6.82. The molecule has 2 fully saturated rings. The lowest BCUT2D eigenvalue weighted by molar-refractivity contribution is -0.142. The van der Waals surface area contributed by atoms with E-state index in [1.54, 1.807) is 0 Å². The molecule has 2 rings (SSSR count). The van der Waals surface area contributed by atoms with E-state index >= 15 is 0 Å². The van der Waals surface area contributed by atoms with Crippen molar-refractivity contribution < 1.29 is 9.90 Å². The molecule has 17 heavy (non-hydrogen) atoms. The third-order valence-electron chi connectivity index (χ3n) is 4.20. The smallest absolute Gasteiger partial charge is 0.309 e. The normalized spacial score (nSPS) is 30.1. The number of rotatable bonds is 2. The molecule has 1 heterocycles. The predicted octanol–water partition coefficient (Wildman–Crippen LogP) is 1.27. The first-order valence-electron chi connectivity index (χ1n) is 6.82. The molecule has 0 aromatic heterocycles. The van der Waals surface area contributed by atoms with Gasteiger partial charge in [0.2, 0.25) is 0 Å². The van der Waals surface area contributed by atoms with Crippen LogP contribution < -0.4 is 0 Å². The SMILES string of the molecule is CN1CCN(C2CCCCC2)CC(C(=O)O)C1. The molecule has 1 atom stereocenters. The summed E-state index contributed by atoms with van der Waals surface area (Å²) in [4.78, 5) is 15.8. The van der Waals surface area contributed by atoms with Gasteiger partial charge in [0, 0.05) is 32.2 Å². The number of carboxylic acids is 1. The van der Waals surface area contributed by atoms with Crippen LogP contribution in [0.25, 0.3) is 0 Å². The van der Waals surface area contributed by atoms with E-state index in [0.717, 1.165) is 19.6 Å². The van der Waals surface area contributed by atoms with Crippen molar-refractivity contribution in [3.8, 4) is 0 Å². The molecular formula is C13H24N2O2. The minimum atomic E-state index is -0.639. The lowest BCUT2D eigenvalue weighted by Gasteiger charge is -2.34. The van der Waals surface area contributed by atoms with E-state index in [-0.39, 0.29) is 5.92 Å². The summed E-state index contributed by atoms with van der Waals surface area (Å²) in [5.41, 5.74) is 0. The zero-order chi connectivity index (χ0) is 12.3.